The summed E-state index contributed by atoms with van der Waals surface area (Å²) in [5, 5.41) is 16.0. The fraction of sp³-hybridized carbons (Fsp3) is 0.190. The summed E-state index contributed by atoms with van der Waals surface area (Å²) >= 11 is 1.25. The second kappa shape index (κ2) is 8.51. The Morgan fingerprint density at radius 3 is 2.61 bits per heavy atom. The Kier molecular flexibility index (Phi) is 5.73. The molecule has 3 aromatic heterocycles. The highest BCUT2D eigenvalue weighted by molar-refractivity contribution is 7.15. The van der Waals surface area contributed by atoms with Crippen LogP contribution in [0, 0.1) is 11.3 Å². The van der Waals surface area contributed by atoms with Crippen molar-refractivity contribution in [1.82, 2.24) is 24.8 Å². The normalized spacial score (nSPS) is 12.4. The molecule has 0 aliphatic rings. The minimum atomic E-state index is -4.40. The number of amides is 1. The molecule has 0 radical (unpaired) electrons. The van der Waals surface area contributed by atoms with E-state index in [0.29, 0.717) is 27.4 Å². The largest absolute Gasteiger partial charge is 0.416 e. The molecule has 0 spiro atoms. The molecular formula is C21H16F3N7OS. The molecule has 1 amide bonds. The van der Waals surface area contributed by atoms with Crippen molar-refractivity contribution in [2.75, 3.05) is 5.32 Å². The molecule has 1 atom stereocenters. The fourth-order valence-corrected chi connectivity index (χ4v) is 4.05. The molecule has 12 heteroatoms. The van der Waals surface area contributed by atoms with Gasteiger partial charge < -0.3 is 15.2 Å². The van der Waals surface area contributed by atoms with Crippen LogP contribution in [0.5, 0.6) is 0 Å². The highest BCUT2D eigenvalue weighted by Crippen LogP contribution is 2.32. The molecular weight excluding hydrogens is 455 g/mol. The number of nitrogens with zero attached hydrogens (tertiary/aromatic N) is 5. The number of aromatic nitrogens is 4. The van der Waals surface area contributed by atoms with E-state index < -0.39 is 23.7 Å². The Morgan fingerprint density at radius 1 is 1.21 bits per heavy atom. The summed E-state index contributed by atoms with van der Waals surface area (Å²) < 4.78 is 39.8. The second-order valence-corrected chi connectivity index (χ2v) is 8.21. The Labute approximate surface area is 189 Å². The number of halogens is 3. The molecule has 0 fully saturated rings. The minimum absolute atomic E-state index is 0.0941. The number of nitriles is 1. The molecule has 1 aromatic carbocycles. The SMILES string of the molecule is C[C@@H](NC(=O)c1ncnc2c1c(C#N)cn2C)c1cnc(Nc2ccc(C(F)(F)F)cc2)s1. The topological polar surface area (TPSA) is 109 Å². The smallest absolute Gasteiger partial charge is 0.343 e. The summed E-state index contributed by atoms with van der Waals surface area (Å²) in [7, 11) is 1.73. The maximum atomic E-state index is 12.9. The van der Waals surface area contributed by atoms with Crippen LogP contribution in [-0.2, 0) is 13.2 Å². The van der Waals surface area contributed by atoms with Crippen molar-refractivity contribution in [2.45, 2.75) is 19.1 Å². The van der Waals surface area contributed by atoms with Crippen molar-refractivity contribution in [2.24, 2.45) is 7.05 Å². The first kappa shape index (κ1) is 22.2. The number of aryl methyl sites for hydroxylation is 1. The van der Waals surface area contributed by atoms with Crippen molar-refractivity contribution >= 4 is 39.1 Å². The van der Waals surface area contributed by atoms with Crippen LogP contribution in [0.25, 0.3) is 11.0 Å². The van der Waals surface area contributed by atoms with Crippen LogP contribution in [-0.4, -0.2) is 25.4 Å². The van der Waals surface area contributed by atoms with E-state index in [1.807, 2.05) is 6.07 Å². The number of fused-ring (bicyclic) bond motifs is 1. The van der Waals surface area contributed by atoms with Gasteiger partial charge in [-0.1, -0.05) is 11.3 Å². The van der Waals surface area contributed by atoms with E-state index in [1.165, 1.54) is 29.8 Å². The summed E-state index contributed by atoms with van der Waals surface area (Å²) in [6.45, 7) is 1.77. The van der Waals surface area contributed by atoms with Crippen LogP contribution in [0.1, 0.15) is 39.5 Å². The van der Waals surface area contributed by atoms with Gasteiger partial charge in [0.05, 0.1) is 22.6 Å². The molecule has 0 unspecified atom stereocenters. The Bertz CT molecular complexity index is 1370. The van der Waals surface area contributed by atoms with E-state index in [0.717, 1.165) is 17.0 Å². The average Bonchev–Trinajstić information content (AvgIpc) is 3.38. The summed E-state index contributed by atoms with van der Waals surface area (Å²) in [6.07, 6.45) is 0.0220. The van der Waals surface area contributed by atoms with Crippen molar-refractivity contribution in [3.05, 3.63) is 64.7 Å². The quantitative estimate of drug-likeness (QED) is 0.442. The number of thiazole rings is 1. The number of alkyl halides is 3. The van der Waals surface area contributed by atoms with Gasteiger partial charge in [0.25, 0.3) is 5.91 Å². The van der Waals surface area contributed by atoms with E-state index in [9.17, 15) is 23.2 Å². The van der Waals surface area contributed by atoms with Crippen molar-refractivity contribution < 1.29 is 18.0 Å². The van der Waals surface area contributed by atoms with Crippen LogP contribution < -0.4 is 10.6 Å². The molecule has 0 bridgehead atoms. The summed E-state index contributed by atoms with van der Waals surface area (Å²) in [4.78, 5) is 26.0. The summed E-state index contributed by atoms with van der Waals surface area (Å²) in [6, 6.07) is 6.23. The first-order valence-corrected chi connectivity index (χ1v) is 10.4. The fourth-order valence-electron chi connectivity index (χ4n) is 3.21. The summed E-state index contributed by atoms with van der Waals surface area (Å²) in [5.74, 6) is -0.469. The molecule has 0 saturated carbocycles. The van der Waals surface area contributed by atoms with E-state index in [4.69, 9.17) is 0 Å². The van der Waals surface area contributed by atoms with Gasteiger partial charge in [0.1, 0.15) is 23.7 Å². The summed E-state index contributed by atoms with van der Waals surface area (Å²) in [5.41, 5.74) is 0.585. The van der Waals surface area contributed by atoms with Gasteiger partial charge in [0, 0.05) is 30.0 Å². The lowest BCUT2D eigenvalue weighted by molar-refractivity contribution is -0.137. The molecule has 4 rings (SSSR count). The number of anilines is 2. The molecule has 168 valence electrons. The third-order valence-electron chi connectivity index (χ3n) is 4.85. The monoisotopic (exact) mass is 471 g/mol. The lowest BCUT2D eigenvalue weighted by atomic mass is 10.2. The van der Waals surface area contributed by atoms with Gasteiger partial charge in [-0.25, -0.2) is 15.0 Å². The van der Waals surface area contributed by atoms with Gasteiger partial charge in [-0.3, -0.25) is 4.79 Å². The third kappa shape index (κ3) is 4.49. The number of hydrogen-bond acceptors (Lipinski definition) is 7. The van der Waals surface area contributed by atoms with E-state index in [2.05, 4.69) is 25.6 Å². The zero-order valence-corrected chi connectivity index (χ0v) is 18.1. The maximum Gasteiger partial charge on any atom is 0.416 e. The van der Waals surface area contributed by atoms with Gasteiger partial charge in [-0.15, -0.1) is 0 Å². The number of benzene rings is 1. The van der Waals surface area contributed by atoms with E-state index >= 15 is 0 Å². The van der Waals surface area contributed by atoms with Gasteiger partial charge in [0.15, 0.2) is 5.13 Å². The number of carbonyl (C=O) groups excluding carboxylic acids is 1. The lowest BCUT2D eigenvalue weighted by Crippen LogP contribution is -2.27. The van der Waals surface area contributed by atoms with Gasteiger partial charge in [-0.2, -0.15) is 18.4 Å². The molecule has 4 aromatic rings. The van der Waals surface area contributed by atoms with Crippen LogP contribution in [0.2, 0.25) is 0 Å². The van der Waals surface area contributed by atoms with E-state index in [-0.39, 0.29) is 5.69 Å². The van der Waals surface area contributed by atoms with Gasteiger partial charge in [0.2, 0.25) is 0 Å². The highest BCUT2D eigenvalue weighted by atomic mass is 32.1. The molecule has 3 heterocycles. The Hall–Kier alpha value is -3.98. The van der Waals surface area contributed by atoms with Crippen molar-refractivity contribution in [3.63, 3.8) is 0 Å². The molecule has 0 aliphatic heterocycles. The molecule has 0 saturated heterocycles. The molecule has 33 heavy (non-hydrogen) atoms. The van der Waals surface area contributed by atoms with Crippen LogP contribution in [0.3, 0.4) is 0 Å². The number of carbonyl (C=O) groups is 1. The number of hydrogen-bond donors (Lipinski definition) is 2. The molecule has 2 N–H and O–H groups in total. The zero-order valence-electron chi connectivity index (χ0n) is 17.3. The lowest BCUT2D eigenvalue weighted by Gasteiger charge is -2.12. The Balaban J connectivity index is 1.48. The first-order chi connectivity index (χ1) is 15.7. The predicted molar refractivity (Wildman–Crippen MR) is 116 cm³/mol. The van der Waals surface area contributed by atoms with Crippen molar-refractivity contribution in [3.8, 4) is 6.07 Å². The maximum absolute atomic E-state index is 12.9. The predicted octanol–water partition coefficient (Wildman–Crippen LogP) is 4.55. The van der Waals surface area contributed by atoms with Crippen LogP contribution in [0.15, 0.2) is 43.0 Å². The zero-order chi connectivity index (χ0) is 23.8. The highest BCUT2D eigenvalue weighted by Gasteiger charge is 2.30. The standard InChI is InChI=1S/C21H16F3N7OS/c1-11(29-19(32)17-16-12(7-25)9-31(2)18(16)28-10-27-17)15-8-26-20(33-15)30-14-5-3-13(4-6-14)21(22,23)24/h3-6,8-11H,1-2H3,(H,26,30)(H,29,32)/t11-/m1/s1. The van der Waals surface area contributed by atoms with Gasteiger partial charge in [-0.05, 0) is 31.2 Å². The first-order valence-electron chi connectivity index (χ1n) is 9.58. The van der Waals surface area contributed by atoms with E-state index in [1.54, 1.807) is 30.9 Å². The second-order valence-electron chi connectivity index (χ2n) is 7.15. The Morgan fingerprint density at radius 2 is 1.94 bits per heavy atom. The average molecular weight is 471 g/mol. The number of rotatable bonds is 5. The molecule has 0 aliphatic carbocycles. The molecule has 8 nitrogen and oxygen atoms in total. The number of nitrogens with one attached hydrogen (secondary N) is 2. The van der Waals surface area contributed by atoms with Gasteiger partial charge >= 0.3 is 6.18 Å². The van der Waals surface area contributed by atoms with Crippen molar-refractivity contribution in [1.29, 1.82) is 5.26 Å². The van der Waals surface area contributed by atoms with Crippen LogP contribution >= 0.6 is 11.3 Å². The van der Waals surface area contributed by atoms with Crippen LogP contribution in [0.4, 0.5) is 24.0 Å². The minimum Gasteiger partial charge on any atom is -0.343 e. The third-order valence-corrected chi connectivity index (χ3v) is 5.95.